The van der Waals surface area contributed by atoms with E-state index in [1.165, 1.54) is 18.6 Å². The molecule has 0 bridgehead atoms. The molecule has 0 amide bonds. The molecule has 0 radical (unpaired) electrons. The Kier molecular flexibility index (Phi) is 1.65. The average Bonchev–Trinajstić information content (AvgIpc) is 2.29. The fourth-order valence-electron chi connectivity index (χ4n) is 1.77. The molecule has 15 heavy (non-hydrogen) atoms. The van der Waals surface area contributed by atoms with Crippen LogP contribution in [0.3, 0.4) is 0 Å². The summed E-state index contributed by atoms with van der Waals surface area (Å²) in [5, 5.41) is 0. The molecule has 3 heteroatoms. The molecule has 74 valence electrons. The van der Waals surface area contributed by atoms with Crippen LogP contribution in [0.5, 0.6) is 5.75 Å². The Morgan fingerprint density at radius 3 is 3.00 bits per heavy atom. The fourth-order valence-corrected chi connectivity index (χ4v) is 1.77. The lowest BCUT2D eigenvalue weighted by molar-refractivity contribution is -0.113. The van der Waals surface area contributed by atoms with Gasteiger partial charge in [0.1, 0.15) is 12.0 Å². The molecule has 1 unspecified atom stereocenters. The third-order valence-corrected chi connectivity index (χ3v) is 2.52. The lowest BCUT2D eigenvalue weighted by atomic mass is 9.95. The number of hydrogen-bond acceptors (Lipinski definition) is 3. The number of benzene rings is 1. The number of hydrogen-bond donors (Lipinski definition) is 0. The first-order valence-corrected chi connectivity index (χ1v) is 4.68. The monoisotopic (exact) mass is 200 g/mol. The highest BCUT2D eigenvalue weighted by Crippen LogP contribution is 2.38. The van der Waals surface area contributed by atoms with Gasteiger partial charge in [-0.1, -0.05) is 18.2 Å². The SMILES string of the molecule is O=C1C=COC2C1=COc1ccccc12. The highest BCUT2D eigenvalue weighted by molar-refractivity contribution is 6.05. The summed E-state index contributed by atoms with van der Waals surface area (Å²) in [6.45, 7) is 0. The van der Waals surface area contributed by atoms with Crippen LogP contribution in [0, 0.1) is 0 Å². The van der Waals surface area contributed by atoms with Gasteiger partial charge in [-0.25, -0.2) is 0 Å². The Bertz CT molecular complexity index is 485. The molecule has 0 spiro atoms. The lowest BCUT2D eigenvalue weighted by Gasteiger charge is -2.26. The molecular weight excluding hydrogens is 192 g/mol. The molecule has 0 aromatic heterocycles. The molecule has 0 saturated carbocycles. The van der Waals surface area contributed by atoms with Crippen molar-refractivity contribution in [1.29, 1.82) is 0 Å². The Balaban J connectivity index is 2.14. The zero-order valence-corrected chi connectivity index (χ0v) is 7.84. The molecule has 1 atom stereocenters. The van der Waals surface area contributed by atoms with Crippen LogP contribution in [0.15, 0.2) is 48.4 Å². The van der Waals surface area contributed by atoms with Gasteiger partial charge in [0.2, 0.25) is 0 Å². The number of carbonyl (C=O) groups is 1. The predicted molar refractivity (Wildman–Crippen MR) is 53.1 cm³/mol. The summed E-state index contributed by atoms with van der Waals surface area (Å²) in [5.74, 6) is 0.690. The maximum absolute atomic E-state index is 11.5. The first kappa shape index (κ1) is 8.29. The largest absolute Gasteiger partial charge is 0.488 e. The number of carbonyl (C=O) groups excluding carboxylic acids is 1. The highest BCUT2D eigenvalue weighted by atomic mass is 16.5. The molecule has 0 N–H and O–H groups in total. The van der Waals surface area contributed by atoms with E-state index in [1.54, 1.807) is 0 Å². The minimum absolute atomic E-state index is 0.0549. The van der Waals surface area contributed by atoms with Crippen LogP contribution in [-0.2, 0) is 9.53 Å². The van der Waals surface area contributed by atoms with Gasteiger partial charge in [-0.05, 0) is 6.07 Å². The van der Waals surface area contributed by atoms with Crippen LogP contribution < -0.4 is 4.74 Å². The number of ether oxygens (including phenoxy) is 2. The number of allylic oxidation sites excluding steroid dienone is 1. The van der Waals surface area contributed by atoms with Crippen molar-refractivity contribution in [3.63, 3.8) is 0 Å². The molecule has 1 aromatic rings. The standard InChI is InChI=1S/C12H8O3/c13-10-5-6-14-12-8-3-1-2-4-11(8)15-7-9(10)12/h1-7,12H. The Labute approximate surface area is 86.6 Å². The zero-order valence-electron chi connectivity index (χ0n) is 7.84. The van der Waals surface area contributed by atoms with Gasteiger partial charge in [0.05, 0.1) is 11.8 Å². The van der Waals surface area contributed by atoms with Crippen molar-refractivity contribution in [3.05, 3.63) is 54.0 Å². The van der Waals surface area contributed by atoms with Crippen molar-refractivity contribution in [1.82, 2.24) is 0 Å². The van der Waals surface area contributed by atoms with Crippen LogP contribution >= 0.6 is 0 Å². The maximum atomic E-state index is 11.5. The van der Waals surface area contributed by atoms with Crippen molar-refractivity contribution in [2.75, 3.05) is 0 Å². The van der Waals surface area contributed by atoms with Gasteiger partial charge in [0.15, 0.2) is 11.9 Å². The van der Waals surface area contributed by atoms with E-state index in [0.29, 0.717) is 5.57 Å². The number of ketones is 1. The smallest absolute Gasteiger partial charge is 0.192 e. The van der Waals surface area contributed by atoms with Gasteiger partial charge in [-0.2, -0.15) is 0 Å². The van der Waals surface area contributed by atoms with E-state index in [1.807, 2.05) is 24.3 Å². The van der Waals surface area contributed by atoms with Crippen LogP contribution in [0.25, 0.3) is 0 Å². The first-order valence-electron chi connectivity index (χ1n) is 4.68. The summed E-state index contributed by atoms with van der Waals surface area (Å²) in [6, 6.07) is 7.55. The van der Waals surface area contributed by atoms with Gasteiger partial charge in [-0.3, -0.25) is 4.79 Å². The first-order chi connectivity index (χ1) is 7.36. The second kappa shape index (κ2) is 2.98. The molecule has 3 nitrogen and oxygen atoms in total. The van der Waals surface area contributed by atoms with E-state index < -0.39 is 0 Å². The van der Waals surface area contributed by atoms with Gasteiger partial charge in [0.25, 0.3) is 0 Å². The van der Waals surface area contributed by atoms with Gasteiger partial charge < -0.3 is 9.47 Å². The molecule has 2 aliphatic rings. The lowest BCUT2D eigenvalue weighted by Crippen LogP contribution is -2.20. The van der Waals surface area contributed by atoms with E-state index in [-0.39, 0.29) is 11.9 Å². The van der Waals surface area contributed by atoms with Crippen LogP contribution in [0.4, 0.5) is 0 Å². The third-order valence-electron chi connectivity index (χ3n) is 2.52. The fraction of sp³-hybridized carbons (Fsp3) is 0.0833. The minimum atomic E-state index is -0.313. The summed E-state index contributed by atoms with van der Waals surface area (Å²) in [4.78, 5) is 11.5. The molecular formula is C12H8O3. The van der Waals surface area contributed by atoms with Gasteiger partial charge in [-0.15, -0.1) is 0 Å². The van der Waals surface area contributed by atoms with Crippen molar-refractivity contribution < 1.29 is 14.3 Å². The average molecular weight is 200 g/mol. The predicted octanol–water partition coefficient (Wildman–Crippen LogP) is 2.12. The molecule has 0 fully saturated rings. The van der Waals surface area contributed by atoms with Crippen LogP contribution in [-0.4, -0.2) is 5.78 Å². The summed E-state index contributed by atoms with van der Waals surface area (Å²) in [7, 11) is 0. The summed E-state index contributed by atoms with van der Waals surface area (Å²) >= 11 is 0. The second-order valence-corrected chi connectivity index (χ2v) is 3.41. The Morgan fingerprint density at radius 2 is 2.07 bits per heavy atom. The molecule has 2 aliphatic heterocycles. The number of fused-ring (bicyclic) bond motifs is 3. The third kappa shape index (κ3) is 1.16. The summed E-state index contributed by atoms with van der Waals surface area (Å²) in [5.41, 5.74) is 1.45. The van der Waals surface area contributed by atoms with Crippen molar-refractivity contribution >= 4 is 5.78 Å². The summed E-state index contributed by atoms with van der Waals surface area (Å²) < 4.78 is 10.8. The number of rotatable bonds is 0. The zero-order chi connectivity index (χ0) is 10.3. The van der Waals surface area contributed by atoms with Crippen molar-refractivity contribution in [2.24, 2.45) is 0 Å². The van der Waals surface area contributed by atoms with Crippen LogP contribution in [0.2, 0.25) is 0 Å². The van der Waals surface area contributed by atoms with Gasteiger partial charge in [0, 0.05) is 11.6 Å². The van der Waals surface area contributed by atoms with Gasteiger partial charge >= 0.3 is 0 Å². The minimum Gasteiger partial charge on any atom is -0.488 e. The highest BCUT2D eigenvalue weighted by Gasteiger charge is 2.31. The Hall–Kier alpha value is -2.03. The molecule has 1 aromatic carbocycles. The normalized spacial score (nSPS) is 22.0. The second-order valence-electron chi connectivity index (χ2n) is 3.41. The molecule has 3 rings (SSSR count). The maximum Gasteiger partial charge on any atom is 0.192 e. The number of para-hydroxylation sites is 1. The molecule has 2 heterocycles. The quantitative estimate of drug-likeness (QED) is 0.643. The Morgan fingerprint density at radius 1 is 1.20 bits per heavy atom. The van der Waals surface area contributed by atoms with Crippen molar-refractivity contribution in [3.8, 4) is 5.75 Å². The van der Waals surface area contributed by atoms with E-state index in [9.17, 15) is 4.79 Å². The van der Waals surface area contributed by atoms with Crippen molar-refractivity contribution in [2.45, 2.75) is 6.10 Å². The van der Waals surface area contributed by atoms with E-state index in [2.05, 4.69) is 0 Å². The summed E-state index contributed by atoms with van der Waals surface area (Å²) in [6.07, 6.45) is 4.00. The van der Waals surface area contributed by atoms with E-state index in [4.69, 9.17) is 9.47 Å². The topological polar surface area (TPSA) is 35.5 Å². The van der Waals surface area contributed by atoms with Crippen LogP contribution in [0.1, 0.15) is 11.7 Å². The van der Waals surface area contributed by atoms with E-state index in [0.717, 1.165) is 11.3 Å². The van der Waals surface area contributed by atoms with E-state index >= 15 is 0 Å². The molecule has 0 aliphatic carbocycles. The molecule has 0 saturated heterocycles.